The lowest BCUT2D eigenvalue weighted by atomic mass is 10.0. The molecule has 6 nitrogen and oxygen atoms in total. The summed E-state index contributed by atoms with van der Waals surface area (Å²) in [5, 5.41) is 15.1. The summed E-state index contributed by atoms with van der Waals surface area (Å²) in [6.07, 6.45) is 2.19. The van der Waals surface area contributed by atoms with E-state index in [1.165, 1.54) is 0 Å². The van der Waals surface area contributed by atoms with Crippen LogP contribution in [0.25, 0.3) is 10.9 Å². The van der Waals surface area contributed by atoms with Crippen molar-refractivity contribution in [2.24, 2.45) is 0 Å². The molecular weight excluding hydrogens is 487 g/mol. The zero-order valence-corrected chi connectivity index (χ0v) is 20.7. The summed E-state index contributed by atoms with van der Waals surface area (Å²) >= 11 is 12.5. The Morgan fingerprint density at radius 2 is 1.77 bits per heavy atom. The summed E-state index contributed by atoms with van der Waals surface area (Å²) in [7, 11) is 0. The average molecular weight is 513 g/mol. The molecule has 0 saturated heterocycles. The first-order valence-corrected chi connectivity index (χ1v) is 12.0. The Bertz CT molecular complexity index is 1300. The fourth-order valence-electron chi connectivity index (χ4n) is 3.84. The minimum absolute atomic E-state index is 0.260. The molecular formula is C27H26Cl2N2O4. The van der Waals surface area contributed by atoms with E-state index < -0.39 is 12.0 Å². The highest BCUT2D eigenvalue weighted by molar-refractivity contribution is 6.31. The second kappa shape index (κ2) is 11.5. The monoisotopic (exact) mass is 512 g/mol. The molecule has 0 bridgehead atoms. The van der Waals surface area contributed by atoms with Crippen LogP contribution in [0, 0.1) is 0 Å². The van der Waals surface area contributed by atoms with Crippen molar-refractivity contribution in [1.29, 1.82) is 0 Å². The molecule has 0 spiro atoms. The number of aliphatic carboxylic acids is 1. The first-order valence-electron chi connectivity index (χ1n) is 11.3. The fraction of sp³-hybridized carbons (Fsp3) is 0.222. The van der Waals surface area contributed by atoms with E-state index in [9.17, 15) is 9.90 Å². The molecule has 0 saturated carbocycles. The number of benzene rings is 3. The predicted octanol–water partition coefficient (Wildman–Crippen LogP) is 6.24. The number of H-pyrrole nitrogens is 1. The van der Waals surface area contributed by atoms with Crippen molar-refractivity contribution < 1.29 is 19.4 Å². The topological polar surface area (TPSA) is 83.6 Å². The van der Waals surface area contributed by atoms with Gasteiger partial charge in [0.2, 0.25) is 0 Å². The van der Waals surface area contributed by atoms with Gasteiger partial charge >= 0.3 is 5.97 Å². The standard InChI is InChI=1S/C27H26Cl2N2O4/c1-2-34-25-12-19(22(29)13-26(25)35-16-17-7-9-20(28)10-8-17)15-31-24(27(32)33)11-18-14-30-23-6-4-3-5-21(18)23/h3-10,12-14,24,30-31H,2,11,15-16H2,1H3,(H,32,33). The number of halogens is 2. The van der Waals surface area contributed by atoms with Gasteiger partial charge in [0.15, 0.2) is 11.5 Å². The zero-order chi connectivity index (χ0) is 24.8. The molecule has 1 aromatic heterocycles. The highest BCUT2D eigenvalue weighted by Crippen LogP contribution is 2.34. The molecule has 1 atom stereocenters. The van der Waals surface area contributed by atoms with Crippen LogP contribution in [-0.2, 0) is 24.4 Å². The van der Waals surface area contributed by atoms with E-state index in [2.05, 4.69) is 10.3 Å². The predicted molar refractivity (Wildman–Crippen MR) is 139 cm³/mol. The molecule has 4 aromatic rings. The van der Waals surface area contributed by atoms with E-state index in [4.69, 9.17) is 32.7 Å². The molecule has 4 rings (SSSR count). The number of hydrogen-bond acceptors (Lipinski definition) is 4. The van der Waals surface area contributed by atoms with Gasteiger partial charge in [-0.25, -0.2) is 0 Å². The highest BCUT2D eigenvalue weighted by Gasteiger charge is 2.20. The van der Waals surface area contributed by atoms with Gasteiger partial charge in [0.1, 0.15) is 12.6 Å². The molecule has 1 unspecified atom stereocenters. The minimum Gasteiger partial charge on any atom is -0.490 e. The van der Waals surface area contributed by atoms with E-state index in [0.29, 0.717) is 41.2 Å². The quantitative estimate of drug-likeness (QED) is 0.221. The van der Waals surface area contributed by atoms with Gasteiger partial charge in [-0.2, -0.15) is 0 Å². The van der Waals surface area contributed by atoms with Crippen LogP contribution in [0.1, 0.15) is 23.6 Å². The van der Waals surface area contributed by atoms with E-state index in [0.717, 1.165) is 27.6 Å². The summed E-state index contributed by atoms with van der Waals surface area (Å²) in [6.45, 7) is 2.92. The molecule has 0 aliphatic rings. The summed E-state index contributed by atoms with van der Waals surface area (Å²) in [4.78, 5) is 15.2. The molecule has 35 heavy (non-hydrogen) atoms. The van der Waals surface area contributed by atoms with Gasteiger partial charge in [-0.05, 0) is 47.9 Å². The molecule has 0 radical (unpaired) electrons. The van der Waals surface area contributed by atoms with Crippen LogP contribution in [0.4, 0.5) is 0 Å². The van der Waals surface area contributed by atoms with Crippen LogP contribution in [0.5, 0.6) is 11.5 Å². The van der Waals surface area contributed by atoms with Crippen molar-refractivity contribution in [3.8, 4) is 11.5 Å². The Labute approximate surface area is 213 Å². The minimum atomic E-state index is -0.931. The number of hydrogen-bond donors (Lipinski definition) is 3. The highest BCUT2D eigenvalue weighted by atomic mass is 35.5. The van der Waals surface area contributed by atoms with Gasteiger partial charge in [0, 0.05) is 46.2 Å². The van der Waals surface area contributed by atoms with Crippen molar-refractivity contribution >= 4 is 40.1 Å². The van der Waals surface area contributed by atoms with Crippen molar-refractivity contribution in [3.63, 3.8) is 0 Å². The molecule has 0 aliphatic heterocycles. The van der Waals surface area contributed by atoms with Crippen molar-refractivity contribution in [3.05, 3.63) is 93.6 Å². The Morgan fingerprint density at radius 3 is 2.51 bits per heavy atom. The van der Waals surface area contributed by atoms with Gasteiger partial charge in [-0.15, -0.1) is 0 Å². The number of aromatic amines is 1. The number of carboxylic acid groups (broad SMARTS) is 1. The number of ether oxygens (including phenoxy) is 2. The maximum Gasteiger partial charge on any atom is 0.321 e. The van der Waals surface area contributed by atoms with E-state index in [1.807, 2.05) is 49.5 Å². The molecule has 0 fully saturated rings. The molecule has 0 aliphatic carbocycles. The smallest absolute Gasteiger partial charge is 0.321 e. The maximum absolute atomic E-state index is 12.0. The molecule has 8 heteroatoms. The van der Waals surface area contributed by atoms with Crippen molar-refractivity contribution in [1.82, 2.24) is 10.3 Å². The van der Waals surface area contributed by atoms with Gasteiger partial charge in [-0.3, -0.25) is 10.1 Å². The number of carbonyl (C=O) groups is 1. The number of para-hydroxylation sites is 1. The molecule has 3 aromatic carbocycles. The molecule has 0 amide bonds. The third kappa shape index (κ3) is 6.28. The van der Waals surface area contributed by atoms with E-state index in [-0.39, 0.29) is 6.54 Å². The Balaban J connectivity index is 1.47. The van der Waals surface area contributed by atoms with Gasteiger partial charge in [0.25, 0.3) is 0 Å². The van der Waals surface area contributed by atoms with Crippen LogP contribution >= 0.6 is 23.2 Å². The lowest BCUT2D eigenvalue weighted by Gasteiger charge is -2.18. The number of rotatable bonds is 11. The van der Waals surface area contributed by atoms with Crippen molar-refractivity contribution in [2.75, 3.05) is 6.61 Å². The number of carboxylic acids is 1. The van der Waals surface area contributed by atoms with Crippen LogP contribution in [0.15, 0.2) is 66.9 Å². The first-order chi connectivity index (χ1) is 16.9. The summed E-state index contributed by atoms with van der Waals surface area (Å²) in [5.74, 6) is 0.134. The SMILES string of the molecule is CCOc1cc(CNC(Cc2c[nH]c3ccccc23)C(=O)O)c(Cl)cc1OCc1ccc(Cl)cc1. The van der Waals surface area contributed by atoms with E-state index >= 15 is 0 Å². The molecule has 3 N–H and O–H groups in total. The average Bonchev–Trinajstić information content (AvgIpc) is 3.26. The Kier molecular flexibility index (Phi) is 8.18. The number of aromatic nitrogens is 1. The first kappa shape index (κ1) is 24.9. The van der Waals surface area contributed by atoms with Crippen LogP contribution in [0.3, 0.4) is 0 Å². The van der Waals surface area contributed by atoms with Crippen LogP contribution in [0.2, 0.25) is 10.0 Å². The largest absolute Gasteiger partial charge is 0.490 e. The number of nitrogens with one attached hydrogen (secondary N) is 2. The summed E-state index contributed by atoms with van der Waals surface area (Å²) in [6, 6.07) is 17.9. The van der Waals surface area contributed by atoms with Gasteiger partial charge in [0.05, 0.1) is 6.61 Å². The zero-order valence-electron chi connectivity index (χ0n) is 19.2. The third-order valence-corrected chi connectivity index (χ3v) is 6.26. The number of fused-ring (bicyclic) bond motifs is 1. The second-order valence-corrected chi connectivity index (χ2v) is 8.92. The molecule has 1 heterocycles. The lowest BCUT2D eigenvalue weighted by molar-refractivity contribution is -0.139. The lowest BCUT2D eigenvalue weighted by Crippen LogP contribution is -2.38. The fourth-order valence-corrected chi connectivity index (χ4v) is 4.18. The normalized spacial score (nSPS) is 12.0. The van der Waals surface area contributed by atoms with Gasteiger partial charge < -0.3 is 19.6 Å². The van der Waals surface area contributed by atoms with Crippen LogP contribution in [-0.4, -0.2) is 28.7 Å². The third-order valence-electron chi connectivity index (χ3n) is 5.66. The Hall–Kier alpha value is -3.19. The summed E-state index contributed by atoms with van der Waals surface area (Å²) in [5.41, 5.74) is 3.59. The Morgan fingerprint density at radius 1 is 1.03 bits per heavy atom. The summed E-state index contributed by atoms with van der Waals surface area (Å²) < 4.78 is 11.7. The second-order valence-electron chi connectivity index (χ2n) is 8.07. The van der Waals surface area contributed by atoms with Crippen LogP contribution < -0.4 is 14.8 Å². The van der Waals surface area contributed by atoms with Gasteiger partial charge in [-0.1, -0.05) is 53.5 Å². The maximum atomic E-state index is 12.0. The van der Waals surface area contributed by atoms with E-state index in [1.54, 1.807) is 24.3 Å². The van der Waals surface area contributed by atoms with Crippen molar-refractivity contribution in [2.45, 2.75) is 32.5 Å². The molecule has 182 valence electrons.